The summed E-state index contributed by atoms with van der Waals surface area (Å²) in [6.45, 7) is 3.20. The second kappa shape index (κ2) is 3.82. The van der Waals surface area contributed by atoms with Crippen LogP contribution < -0.4 is 11.1 Å². The van der Waals surface area contributed by atoms with Gasteiger partial charge in [0.05, 0.1) is 12.7 Å². The first-order valence-corrected chi connectivity index (χ1v) is 3.38. The summed E-state index contributed by atoms with van der Waals surface area (Å²) in [5.74, 6) is 0. The summed E-state index contributed by atoms with van der Waals surface area (Å²) in [6, 6.07) is 0. The molecule has 0 saturated carbocycles. The molecule has 2 N–H and O–H groups in total. The van der Waals surface area contributed by atoms with Crippen LogP contribution in [-0.4, -0.2) is 32.3 Å². The molecule has 1 atom stereocenters. The van der Waals surface area contributed by atoms with Crippen molar-refractivity contribution in [1.29, 1.82) is 0 Å². The van der Waals surface area contributed by atoms with E-state index in [1.165, 1.54) is 0 Å². The molecule has 1 fully saturated rings. The van der Waals surface area contributed by atoms with E-state index in [2.05, 4.69) is 5.32 Å². The lowest BCUT2D eigenvalue weighted by atomic mass is 10.2. The normalized spacial score (nSPS) is 28.3. The fourth-order valence-electron chi connectivity index (χ4n) is 0.932. The smallest absolute Gasteiger partial charge is 0.0728 e. The maximum absolute atomic E-state index is 5.34. The highest BCUT2D eigenvalue weighted by Crippen LogP contribution is 1.99. The van der Waals surface area contributed by atoms with Crippen LogP contribution in [0.15, 0.2) is 0 Å². The van der Waals surface area contributed by atoms with Crippen molar-refractivity contribution in [1.82, 2.24) is 5.32 Å². The summed E-state index contributed by atoms with van der Waals surface area (Å²) in [7, 11) is 0. The van der Waals surface area contributed by atoms with Gasteiger partial charge in [0.25, 0.3) is 0 Å². The van der Waals surface area contributed by atoms with Crippen molar-refractivity contribution < 1.29 is 4.74 Å². The number of nitrogens with two attached hydrogens (primary N) is 1. The van der Waals surface area contributed by atoms with Crippen LogP contribution in [0, 0.1) is 0 Å². The third-order valence-electron chi connectivity index (χ3n) is 1.42. The Labute approximate surface area is 55.6 Å². The van der Waals surface area contributed by atoms with Crippen molar-refractivity contribution in [3.63, 3.8) is 0 Å². The van der Waals surface area contributed by atoms with Crippen molar-refractivity contribution in [2.24, 2.45) is 5.73 Å². The van der Waals surface area contributed by atoms with Crippen LogP contribution in [0.1, 0.15) is 6.42 Å². The maximum Gasteiger partial charge on any atom is 0.0728 e. The molecule has 0 spiro atoms. The van der Waals surface area contributed by atoms with E-state index in [1.807, 2.05) is 0 Å². The molecule has 0 bridgehead atoms. The van der Waals surface area contributed by atoms with Crippen LogP contribution in [0.25, 0.3) is 0 Å². The Morgan fingerprint density at radius 1 is 1.67 bits per heavy atom. The molecule has 3 nitrogen and oxygen atoms in total. The largest absolute Gasteiger partial charge is 0.375 e. The summed E-state index contributed by atoms with van der Waals surface area (Å²) in [4.78, 5) is 0. The molecule has 1 aliphatic heterocycles. The Morgan fingerprint density at radius 2 is 2.56 bits per heavy atom. The molecule has 0 aromatic carbocycles. The average Bonchev–Trinajstić information content (AvgIpc) is 1.91. The highest BCUT2D eigenvalue weighted by Gasteiger charge is 2.11. The molecule has 1 saturated heterocycles. The van der Waals surface area contributed by atoms with E-state index >= 15 is 0 Å². The van der Waals surface area contributed by atoms with Gasteiger partial charge in [0, 0.05) is 13.1 Å². The van der Waals surface area contributed by atoms with Gasteiger partial charge < -0.3 is 10.5 Å². The number of rotatable bonds is 2. The van der Waals surface area contributed by atoms with E-state index in [1.54, 1.807) is 0 Å². The molecule has 1 heterocycles. The fourth-order valence-corrected chi connectivity index (χ4v) is 0.932. The highest BCUT2D eigenvalue weighted by molar-refractivity contribution is 4.66. The zero-order valence-corrected chi connectivity index (χ0v) is 5.55. The first kappa shape index (κ1) is 6.99. The second-order valence-electron chi connectivity index (χ2n) is 2.20. The molecule has 3 heteroatoms. The minimum atomic E-state index is 0.309. The monoisotopic (exact) mass is 129 g/mol. The number of morpholine rings is 1. The van der Waals surface area contributed by atoms with E-state index < -0.39 is 0 Å². The summed E-state index contributed by atoms with van der Waals surface area (Å²) in [6.07, 6.45) is 1.26. The van der Waals surface area contributed by atoms with Gasteiger partial charge in [-0.2, -0.15) is 0 Å². The third-order valence-corrected chi connectivity index (χ3v) is 1.42. The van der Waals surface area contributed by atoms with Gasteiger partial charge in [-0.3, -0.25) is 0 Å². The van der Waals surface area contributed by atoms with Crippen molar-refractivity contribution in [2.75, 3.05) is 26.2 Å². The lowest BCUT2D eigenvalue weighted by Gasteiger charge is -2.21. The molecule has 9 heavy (non-hydrogen) atoms. The molecule has 1 rings (SSSR count). The third kappa shape index (κ3) is 2.30. The molecule has 0 amide bonds. The highest BCUT2D eigenvalue weighted by atomic mass is 16.5. The molecule has 53 valence electrons. The van der Waals surface area contributed by atoms with E-state index in [4.69, 9.17) is 10.5 Å². The predicted octanol–water partition coefficient (Wildman–Crippen LogP) is -0.662. The minimum absolute atomic E-state index is 0.309. The molecule has 1 aliphatic rings. The molecular formula is C6H13N2O. The zero-order chi connectivity index (χ0) is 6.53. The van der Waals surface area contributed by atoms with Crippen LogP contribution in [0.5, 0.6) is 0 Å². The zero-order valence-electron chi connectivity index (χ0n) is 5.55. The quantitative estimate of drug-likeness (QED) is 0.538. The van der Waals surface area contributed by atoms with Gasteiger partial charge >= 0.3 is 0 Å². The van der Waals surface area contributed by atoms with Gasteiger partial charge in [-0.25, -0.2) is 5.32 Å². The minimum Gasteiger partial charge on any atom is -0.375 e. The van der Waals surface area contributed by atoms with Gasteiger partial charge in [0.1, 0.15) is 0 Å². The van der Waals surface area contributed by atoms with Crippen LogP contribution in [0.3, 0.4) is 0 Å². The Morgan fingerprint density at radius 3 is 3.11 bits per heavy atom. The first-order chi connectivity index (χ1) is 4.43. The van der Waals surface area contributed by atoms with Crippen LogP contribution in [0.4, 0.5) is 0 Å². The number of ether oxygens (including phenoxy) is 1. The molecule has 0 aromatic heterocycles. The predicted molar refractivity (Wildman–Crippen MR) is 35.3 cm³/mol. The SMILES string of the molecule is NCCC1C[N]CCO1. The first-order valence-electron chi connectivity index (χ1n) is 3.38. The van der Waals surface area contributed by atoms with Crippen LogP contribution in [0.2, 0.25) is 0 Å². The Kier molecular flexibility index (Phi) is 2.97. The summed E-state index contributed by atoms with van der Waals surface area (Å²) in [5, 5.41) is 4.20. The van der Waals surface area contributed by atoms with Gasteiger partial charge in [0.15, 0.2) is 0 Å². The second-order valence-corrected chi connectivity index (χ2v) is 2.20. The molecular weight excluding hydrogens is 116 g/mol. The Bertz CT molecular complexity index is 68.7. The van der Waals surface area contributed by atoms with Crippen LogP contribution >= 0.6 is 0 Å². The maximum atomic E-state index is 5.34. The summed E-state index contributed by atoms with van der Waals surface area (Å²) < 4.78 is 5.34. The molecule has 0 aliphatic carbocycles. The van der Waals surface area contributed by atoms with Gasteiger partial charge in [-0.1, -0.05) is 0 Å². The Hall–Kier alpha value is -0.120. The molecule has 0 aromatic rings. The van der Waals surface area contributed by atoms with Crippen molar-refractivity contribution in [3.8, 4) is 0 Å². The van der Waals surface area contributed by atoms with E-state index in [9.17, 15) is 0 Å². The van der Waals surface area contributed by atoms with E-state index in [0.29, 0.717) is 12.6 Å². The van der Waals surface area contributed by atoms with Gasteiger partial charge in [-0.05, 0) is 13.0 Å². The fraction of sp³-hybridized carbons (Fsp3) is 1.00. The summed E-state index contributed by atoms with van der Waals surface area (Å²) >= 11 is 0. The van der Waals surface area contributed by atoms with Crippen molar-refractivity contribution in [3.05, 3.63) is 0 Å². The lowest BCUT2D eigenvalue weighted by molar-refractivity contribution is 0.0236. The van der Waals surface area contributed by atoms with E-state index in [0.717, 1.165) is 26.1 Å². The summed E-state index contributed by atoms with van der Waals surface area (Å²) in [5.41, 5.74) is 5.34. The van der Waals surface area contributed by atoms with Crippen molar-refractivity contribution in [2.45, 2.75) is 12.5 Å². The number of hydrogen-bond donors (Lipinski definition) is 1. The van der Waals surface area contributed by atoms with Crippen molar-refractivity contribution >= 4 is 0 Å². The molecule has 1 radical (unpaired) electrons. The van der Waals surface area contributed by atoms with E-state index in [-0.39, 0.29) is 0 Å². The standard InChI is InChI=1S/C6H13N2O/c7-2-1-6-5-8-3-4-9-6/h6H,1-5,7H2. The Balaban J connectivity index is 2.08. The average molecular weight is 129 g/mol. The van der Waals surface area contributed by atoms with Crippen LogP contribution in [-0.2, 0) is 4.74 Å². The van der Waals surface area contributed by atoms with Gasteiger partial charge in [0.2, 0.25) is 0 Å². The number of nitrogens with zero attached hydrogens (tertiary/aromatic N) is 1. The van der Waals surface area contributed by atoms with Gasteiger partial charge in [-0.15, -0.1) is 0 Å². The molecule has 1 unspecified atom stereocenters. The topological polar surface area (TPSA) is 49.4 Å². The number of hydrogen-bond acceptors (Lipinski definition) is 2. The lowest BCUT2D eigenvalue weighted by Crippen LogP contribution is -2.35.